The molecule has 4 N–H and O–H groups in total. The molecule has 1 aliphatic rings. The fourth-order valence-corrected chi connectivity index (χ4v) is 1.76. The fourth-order valence-electron chi connectivity index (χ4n) is 1.76. The van der Waals surface area contributed by atoms with E-state index < -0.39 is 30.2 Å². The highest BCUT2D eigenvalue weighted by molar-refractivity contribution is 5.89. The summed E-state index contributed by atoms with van der Waals surface area (Å²) in [6.07, 6.45) is -0.100. The number of rotatable bonds is 5. The van der Waals surface area contributed by atoms with Crippen LogP contribution >= 0.6 is 0 Å². The second-order valence-electron chi connectivity index (χ2n) is 4.04. The minimum absolute atomic E-state index is 0.238. The van der Waals surface area contributed by atoms with E-state index in [9.17, 15) is 14.4 Å². The Morgan fingerprint density at radius 2 is 2.18 bits per heavy atom. The van der Waals surface area contributed by atoms with E-state index in [4.69, 9.17) is 15.6 Å². The molecule has 1 fully saturated rings. The molecule has 0 spiro atoms. The number of carboxylic acids is 1. The van der Waals surface area contributed by atoms with Gasteiger partial charge in [0.25, 0.3) is 0 Å². The summed E-state index contributed by atoms with van der Waals surface area (Å²) in [5.41, 5.74) is 4.91. The van der Waals surface area contributed by atoms with E-state index in [1.165, 1.54) is 0 Å². The fraction of sp³-hybridized carbons (Fsp3) is 0.700. The molecule has 17 heavy (non-hydrogen) atoms. The van der Waals surface area contributed by atoms with Crippen molar-refractivity contribution in [3.05, 3.63) is 0 Å². The van der Waals surface area contributed by atoms with Crippen molar-refractivity contribution in [1.29, 1.82) is 0 Å². The maximum atomic E-state index is 11.7. The van der Waals surface area contributed by atoms with Crippen LogP contribution in [0.25, 0.3) is 0 Å². The van der Waals surface area contributed by atoms with Gasteiger partial charge >= 0.3 is 5.97 Å². The first kappa shape index (κ1) is 13.4. The van der Waals surface area contributed by atoms with Gasteiger partial charge in [-0.25, -0.2) is 4.79 Å². The molecule has 3 atom stereocenters. The van der Waals surface area contributed by atoms with Crippen LogP contribution in [0.1, 0.15) is 19.8 Å². The van der Waals surface area contributed by atoms with E-state index in [1.807, 2.05) is 0 Å². The van der Waals surface area contributed by atoms with Crippen LogP contribution in [0, 0.1) is 5.92 Å². The average Bonchev–Trinajstić information content (AvgIpc) is 2.62. The average molecular weight is 244 g/mol. The minimum atomic E-state index is -1.27. The van der Waals surface area contributed by atoms with Gasteiger partial charge in [0.2, 0.25) is 11.8 Å². The van der Waals surface area contributed by atoms with Crippen LogP contribution in [0.5, 0.6) is 0 Å². The number of nitrogens with one attached hydrogen (secondary N) is 1. The van der Waals surface area contributed by atoms with Crippen LogP contribution in [-0.4, -0.2) is 41.6 Å². The summed E-state index contributed by atoms with van der Waals surface area (Å²) in [5.74, 6) is -2.83. The Hall–Kier alpha value is -1.63. The van der Waals surface area contributed by atoms with Gasteiger partial charge in [-0.2, -0.15) is 0 Å². The van der Waals surface area contributed by atoms with E-state index in [1.54, 1.807) is 6.92 Å². The topological polar surface area (TPSA) is 119 Å². The first-order valence-electron chi connectivity index (χ1n) is 5.35. The summed E-state index contributed by atoms with van der Waals surface area (Å²) < 4.78 is 5.21. The standard InChI is InChI=1S/C10H16N2O5/c1-5-6(2-3-17-5)9(14)12-7(10(15)16)4-8(11)13/h5-7H,2-4H2,1H3,(H2,11,13)(H,12,14)(H,15,16)/t5?,6?,7-/m0/s1. The highest BCUT2D eigenvalue weighted by Gasteiger charge is 2.33. The van der Waals surface area contributed by atoms with E-state index in [0.717, 1.165) is 0 Å². The largest absolute Gasteiger partial charge is 0.480 e. The lowest BCUT2D eigenvalue weighted by molar-refractivity contribution is -0.144. The quantitative estimate of drug-likeness (QED) is 0.564. The molecule has 0 aromatic heterocycles. The van der Waals surface area contributed by atoms with E-state index >= 15 is 0 Å². The lowest BCUT2D eigenvalue weighted by Crippen LogP contribution is -2.46. The Morgan fingerprint density at radius 1 is 1.53 bits per heavy atom. The molecule has 0 aromatic rings. The molecule has 0 aliphatic carbocycles. The van der Waals surface area contributed by atoms with Gasteiger partial charge in [0, 0.05) is 6.61 Å². The third-order valence-corrected chi connectivity index (χ3v) is 2.73. The summed E-state index contributed by atoms with van der Waals surface area (Å²) in [7, 11) is 0. The number of carboxylic acid groups (broad SMARTS) is 1. The van der Waals surface area contributed by atoms with Crippen molar-refractivity contribution < 1.29 is 24.2 Å². The van der Waals surface area contributed by atoms with Gasteiger partial charge in [-0.3, -0.25) is 9.59 Å². The highest BCUT2D eigenvalue weighted by Crippen LogP contribution is 2.20. The number of nitrogens with two attached hydrogens (primary N) is 1. The van der Waals surface area contributed by atoms with Crippen molar-refractivity contribution in [3.8, 4) is 0 Å². The SMILES string of the molecule is CC1OCCC1C(=O)N[C@@H](CC(N)=O)C(=O)O. The molecule has 1 rings (SSSR count). The second kappa shape index (κ2) is 5.62. The zero-order chi connectivity index (χ0) is 13.0. The molecule has 0 aromatic carbocycles. The molecular formula is C10H16N2O5. The Kier molecular flexibility index (Phi) is 4.45. The van der Waals surface area contributed by atoms with Crippen molar-refractivity contribution in [1.82, 2.24) is 5.32 Å². The van der Waals surface area contributed by atoms with E-state index in [2.05, 4.69) is 5.32 Å². The minimum Gasteiger partial charge on any atom is -0.480 e. The number of amides is 2. The summed E-state index contributed by atoms with van der Waals surface area (Å²) in [6, 6.07) is -1.27. The second-order valence-corrected chi connectivity index (χ2v) is 4.04. The maximum Gasteiger partial charge on any atom is 0.326 e. The van der Waals surface area contributed by atoms with Gasteiger partial charge in [-0.1, -0.05) is 0 Å². The summed E-state index contributed by atoms with van der Waals surface area (Å²) in [4.78, 5) is 33.2. The van der Waals surface area contributed by atoms with Gasteiger partial charge in [0.05, 0.1) is 18.4 Å². The molecule has 7 nitrogen and oxygen atoms in total. The Bertz CT molecular complexity index is 331. The zero-order valence-corrected chi connectivity index (χ0v) is 9.51. The molecule has 96 valence electrons. The number of hydrogen-bond donors (Lipinski definition) is 3. The first-order chi connectivity index (χ1) is 7.91. The van der Waals surface area contributed by atoms with Crippen LogP contribution in [0.15, 0.2) is 0 Å². The number of hydrogen-bond acceptors (Lipinski definition) is 4. The van der Waals surface area contributed by atoms with Crippen molar-refractivity contribution in [2.45, 2.75) is 31.9 Å². The van der Waals surface area contributed by atoms with E-state index in [-0.39, 0.29) is 12.0 Å². The van der Waals surface area contributed by atoms with Crippen molar-refractivity contribution in [3.63, 3.8) is 0 Å². The Balaban J connectivity index is 2.57. The zero-order valence-electron chi connectivity index (χ0n) is 9.51. The molecule has 1 aliphatic heterocycles. The molecule has 1 heterocycles. The van der Waals surface area contributed by atoms with E-state index in [0.29, 0.717) is 13.0 Å². The number of ether oxygens (including phenoxy) is 1. The van der Waals surface area contributed by atoms with Crippen molar-refractivity contribution >= 4 is 17.8 Å². The molecule has 2 amide bonds. The first-order valence-corrected chi connectivity index (χ1v) is 5.35. The highest BCUT2D eigenvalue weighted by atomic mass is 16.5. The summed E-state index contributed by atoms with van der Waals surface area (Å²) in [5, 5.41) is 11.1. The molecule has 0 bridgehead atoms. The van der Waals surface area contributed by atoms with Crippen LogP contribution in [-0.2, 0) is 19.1 Å². The van der Waals surface area contributed by atoms with Crippen LogP contribution in [0.2, 0.25) is 0 Å². The molecule has 0 radical (unpaired) electrons. The number of aliphatic carboxylic acids is 1. The van der Waals surface area contributed by atoms with Crippen molar-refractivity contribution in [2.75, 3.05) is 6.61 Å². The molecule has 0 saturated carbocycles. The van der Waals surface area contributed by atoms with Crippen LogP contribution in [0.4, 0.5) is 0 Å². The van der Waals surface area contributed by atoms with Gasteiger partial charge in [-0.05, 0) is 13.3 Å². The molecular weight excluding hydrogens is 228 g/mol. The smallest absolute Gasteiger partial charge is 0.326 e. The maximum absolute atomic E-state index is 11.7. The number of carbonyl (C=O) groups excluding carboxylic acids is 2. The van der Waals surface area contributed by atoms with Gasteiger partial charge in [-0.15, -0.1) is 0 Å². The lowest BCUT2D eigenvalue weighted by Gasteiger charge is -2.18. The summed E-state index contributed by atoms with van der Waals surface area (Å²) >= 11 is 0. The normalized spacial score (nSPS) is 25.2. The van der Waals surface area contributed by atoms with Crippen molar-refractivity contribution in [2.24, 2.45) is 11.7 Å². The predicted octanol–water partition coefficient (Wildman–Crippen LogP) is -1.14. The van der Waals surface area contributed by atoms with Gasteiger partial charge in [0.15, 0.2) is 0 Å². The van der Waals surface area contributed by atoms with Gasteiger partial charge in [0.1, 0.15) is 6.04 Å². The molecule has 2 unspecified atom stereocenters. The van der Waals surface area contributed by atoms with Gasteiger partial charge < -0.3 is 20.9 Å². The molecule has 1 saturated heterocycles. The third-order valence-electron chi connectivity index (χ3n) is 2.73. The molecule has 7 heteroatoms. The number of primary amides is 1. The lowest BCUT2D eigenvalue weighted by atomic mass is 10.0. The Labute approximate surface area is 98.3 Å². The Morgan fingerprint density at radius 3 is 2.59 bits per heavy atom. The van der Waals surface area contributed by atoms with Crippen LogP contribution < -0.4 is 11.1 Å². The number of carbonyl (C=O) groups is 3. The third kappa shape index (κ3) is 3.70. The van der Waals surface area contributed by atoms with Crippen LogP contribution in [0.3, 0.4) is 0 Å². The monoisotopic (exact) mass is 244 g/mol. The summed E-state index contributed by atoms with van der Waals surface area (Å²) in [6.45, 7) is 2.23. The predicted molar refractivity (Wildman–Crippen MR) is 56.9 cm³/mol.